The topological polar surface area (TPSA) is 64.3 Å². The van der Waals surface area contributed by atoms with Crippen molar-refractivity contribution in [3.05, 3.63) is 69.8 Å². The van der Waals surface area contributed by atoms with E-state index >= 15 is 0 Å². The number of halogens is 2. The van der Waals surface area contributed by atoms with Crippen molar-refractivity contribution in [3.8, 4) is 17.0 Å². The van der Waals surface area contributed by atoms with Crippen molar-refractivity contribution in [1.82, 2.24) is 9.78 Å². The van der Waals surface area contributed by atoms with Crippen molar-refractivity contribution in [2.75, 3.05) is 7.11 Å². The summed E-state index contributed by atoms with van der Waals surface area (Å²) in [6.45, 7) is 0.300. The maximum absolute atomic E-state index is 11.3. The first-order valence-corrected chi connectivity index (χ1v) is 8.13. The minimum absolute atomic E-state index is 0.0380. The van der Waals surface area contributed by atoms with E-state index in [2.05, 4.69) is 5.10 Å². The summed E-state index contributed by atoms with van der Waals surface area (Å²) in [5.41, 5.74) is 2.20. The smallest absolute Gasteiger partial charge is 0.356 e. The second-order valence-electron chi connectivity index (χ2n) is 5.34. The Balaban J connectivity index is 2.05. The van der Waals surface area contributed by atoms with Crippen molar-refractivity contribution < 1.29 is 14.6 Å². The molecule has 1 N–H and O–H groups in total. The summed E-state index contributed by atoms with van der Waals surface area (Å²) in [5.74, 6) is -0.378. The van der Waals surface area contributed by atoms with E-state index in [0.717, 1.165) is 11.1 Å². The standard InChI is InChI=1S/C18H14Cl2N2O3/c1-25-14-5-2-11(3-6-14)17-9-16(18(23)24)21-22(17)10-12-8-13(19)4-7-15(12)20/h2-9H,10H2,1H3,(H,23,24). The van der Waals surface area contributed by atoms with Gasteiger partial charge in [0, 0.05) is 15.6 Å². The average Bonchev–Trinajstić information content (AvgIpc) is 3.02. The lowest BCUT2D eigenvalue weighted by molar-refractivity contribution is 0.0689. The molecule has 0 radical (unpaired) electrons. The van der Waals surface area contributed by atoms with Gasteiger partial charge in [-0.3, -0.25) is 4.68 Å². The lowest BCUT2D eigenvalue weighted by atomic mass is 10.1. The molecule has 1 heterocycles. The van der Waals surface area contributed by atoms with E-state index in [1.165, 1.54) is 6.07 Å². The molecule has 2 aromatic carbocycles. The summed E-state index contributed by atoms with van der Waals surface area (Å²) in [7, 11) is 1.59. The van der Waals surface area contributed by atoms with Gasteiger partial charge in [0.2, 0.25) is 0 Å². The molecule has 128 valence electrons. The molecular weight excluding hydrogens is 363 g/mol. The largest absolute Gasteiger partial charge is 0.497 e. The van der Waals surface area contributed by atoms with Gasteiger partial charge in [-0.25, -0.2) is 4.79 Å². The highest BCUT2D eigenvalue weighted by molar-refractivity contribution is 6.33. The summed E-state index contributed by atoms with van der Waals surface area (Å²) in [6.07, 6.45) is 0. The van der Waals surface area contributed by atoms with Crippen LogP contribution in [0, 0.1) is 0 Å². The zero-order valence-electron chi connectivity index (χ0n) is 13.2. The van der Waals surface area contributed by atoms with Crippen LogP contribution in [0.5, 0.6) is 5.75 Å². The normalized spacial score (nSPS) is 10.7. The number of aromatic carboxylic acids is 1. The molecule has 0 aliphatic rings. The summed E-state index contributed by atoms with van der Waals surface area (Å²) in [5, 5.41) is 14.5. The molecule has 0 saturated heterocycles. The summed E-state index contributed by atoms with van der Waals surface area (Å²) in [4.78, 5) is 11.3. The van der Waals surface area contributed by atoms with Gasteiger partial charge in [-0.1, -0.05) is 23.2 Å². The Kier molecular flexibility index (Phi) is 4.97. The van der Waals surface area contributed by atoms with Crippen LogP contribution in [-0.4, -0.2) is 28.0 Å². The Bertz CT molecular complexity index is 921. The SMILES string of the molecule is COc1ccc(-c2cc(C(=O)O)nn2Cc2cc(Cl)ccc2Cl)cc1. The number of methoxy groups -OCH3 is 1. The van der Waals surface area contributed by atoms with Crippen LogP contribution in [0.2, 0.25) is 10.0 Å². The highest BCUT2D eigenvalue weighted by Gasteiger charge is 2.16. The van der Waals surface area contributed by atoms with E-state index in [0.29, 0.717) is 28.0 Å². The van der Waals surface area contributed by atoms with E-state index in [-0.39, 0.29) is 5.69 Å². The fourth-order valence-electron chi connectivity index (χ4n) is 2.46. The molecule has 0 amide bonds. The second kappa shape index (κ2) is 7.17. The van der Waals surface area contributed by atoms with E-state index in [1.54, 1.807) is 42.1 Å². The molecule has 0 bridgehead atoms. The van der Waals surface area contributed by atoms with E-state index in [4.69, 9.17) is 27.9 Å². The molecule has 0 atom stereocenters. The molecule has 25 heavy (non-hydrogen) atoms. The van der Waals surface area contributed by atoms with Gasteiger partial charge in [-0.2, -0.15) is 5.10 Å². The lowest BCUT2D eigenvalue weighted by Crippen LogP contribution is -2.06. The number of carboxylic acids is 1. The highest BCUT2D eigenvalue weighted by Crippen LogP contribution is 2.27. The Morgan fingerprint density at radius 1 is 1.16 bits per heavy atom. The van der Waals surface area contributed by atoms with Crippen LogP contribution < -0.4 is 4.74 Å². The Labute approximate surface area is 154 Å². The first kappa shape index (κ1) is 17.3. The average molecular weight is 377 g/mol. The molecule has 1 aromatic heterocycles. The number of ether oxygens (including phenoxy) is 1. The number of carboxylic acid groups (broad SMARTS) is 1. The van der Waals surface area contributed by atoms with Crippen LogP contribution in [-0.2, 0) is 6.54 Å². The van der Waals surface area contributed by atoms with Crippen molar-refractivity contribution in [3.63, 3.8) is 0 Å². The molecule has 3 aromatic rings. The summed E-state index contributed by atoms with van der Waals surface area (Å²) in [6, 6.07) is 14.0. The minimum atomic E-state index is -1.09. The molecule has 0 aliphatic carbocycles. The molecular formula is C18H14Cl2N2O3. The van der Waals surface area contributed by atoms with Crippen LogP contribution in [0.3, 0.4) is 0 Å². The molecule has 0 aliphatic heterocycles. The lowest BCUT2D eigenvalue weighted by Gasteiger charge is -2.10. The molecule has 5 nitrogen and oxygen atoms in total. The van der Waals surface area contributed by atoms with Crippen LogP contribution in [0.1, 0.15) is 16.1 Å². The van der Waals surface area contributed by atoms with Crippen molar-refractivity contribution in [2.45, 2.75) is 6.54 Å². The van der Waals surface area contributed by atoms with Gasteiger partial charge >= 0.3 is 5.97 Å². The second-order valence-corrected chi connectivity index (χ2v) is 6.19. The van der Waals surface area contributed by atoms with Gasteiger partial charge in [0.25, 0.3) is 0 Å². The number of rotatable bonds is 5. The third kappa shape index (κ3) is 3.78. The number of hydrogen-bond acceptors (Lipinski definition) is 3. The predicted molar refractivity (Wildman–Crippen MR) is 96.7 cm³/mol. The van der Waals surface area contributed by atoms with Crippen LogP contribution in [0.15, 0.2) is 48.5 Å². The maximum Gasteiger partial charge on any atom is 0.356 e. The van der Waals surface area contributed by atoms with E-state index in [9.17, 15) is 9.90 Å². The predicted octanol–water partition coefficient (Wildman–Crippen LogP) is 4.61. The van der Waals surface area contributed by atoms with Gasteiger partial charge in [0.05, 0.1) is 19.3 Å². The number of carbonyl (C=O) groups is 1. The van der Waals surface area contributed by atoms with Crippen LogP contribution in [0.25, 0.3) is 11.3 Å². The molecule has 0 spiro atoms. The quantitative estimate of drug-likeness (QED) is 0.705. The third-order valence-electron chi connectivity index (χ3n) is 3.71. The fourth-order valence-corrected chi connectivity index (χ4v) is 2.83. The number of hydrogen-bond donors (Lipinski definition) is 1. The molecule has 0 saturated carbocycles. The summed E-state index contributed by atoms with van der Waals surface area (Å²) < 4.78 is 6.75. The minimum Gasteiger partial charge on any atom is -0.497 e. The molecule has 3 rings (SSSR count). The molecule has 0 fully saturated rings. The van der Waals surface area contributed by atoms with E-state index in [1.807, 2.05) is 12.1 Å². The first-order chi connectivity index (χ1) is 12.0. The maximum atomic E-state index is 11.3. The van der Waals surface area contributed by atoms with Crippen LogP contribution >= 0.6 is 23.2 Å². The number of benzene rings is 2. The Hall–Kier alpha value is -2.50. The zero-order valence-corrected chi connectivity index (χ0v) is 14.8. The molecule has 7 heteroatoms. The highest BCUT2D eigenvalue weighted by atomic mass is 35.5. The number of nitrogens with zero attached hydrogens (tertiary/aromatic N) is 2. The van der Waals surface area contributed by atoms with Gasteiger partial charge in [0.15, 0.2) is 5.69 Å². The zero-order chi connectivity index (χ0) is 18.0. The van der Waals surface area contributed by atoms with Gasteiger partial charge in [0.1, 0.15) is 5.75 Å². The summed E-state index contributed by atoms with van der Waals surface area (Å²) >= 11 is 12.3. The van der Waals surface area contributed by atoms with Gasteiger partial charge in [-0.15, -0.1) is 0 Å². The van der Waals surface area contributed by atoms with E-state index < -0.39 is 5.97 Å². The van der Waals surface area contributed by atoms with Gasteiger partial charge < -0.3 is 9.84 Å². The van der Waals surface area contributed by atoms with Crippen molar-refractivity contribution >= 4 is 29.2 Å². The third-order valence-corrected chi connectivity index (χ3v) is 4.32. The molecule has 0 unspecified atom stereocenters. The van der Waals surface area contributed by atoms with Crippen molar-refractivity contribution in [2.24, 2.45) is 0 Å². The first-order valence-electron chi connectivity index (χ1n) is 7.37. The van der Waals surface area contributed by atoms with Gasteiger partial charge in [-0.05, 0) is 54.1 Å². The number of aromatic nitrogens is 2. The van der Waals surface area contributed by atoms with Crippen LogP contribution in [0.4, 0.5) is 0 Å². The fraction of sp³-hybridized carbons (Fsp3) is 0.111. The monoisotopic (exact) mass is 376 g/mol. The Morgan fingerprint density at radius 3 is 2.52 bits per heavy atom. The Morgan fingerprint density at radius 2 is 1.88 bits per heavy atom. The van der Waals surface area contributed by atoms with Crippen molar-refractivity contribution in [1.29, 1.82) is 0 Å².